The molecule has 0 fully saturated rings. The maximum atomic E-state index is 6.33. The molecule has 0 aromatic heterocycles. The van der Waals surface area contributed by atoms with Gasteiger partial charge in [-0.25, -0.2) is 0 Å². The lowest BCUT2D eigenvalue weighted by molar-refractivity contribution is 0.289. The van der Waals surface area contributed by atoms with Gasteiger partial charge in [-0.15, -0.1) is 0 Å². The molecule has 3 aromatic carbocycles. The lowest BCUT2D eigenvalue weighted by Gasteiger charge is -2.14. The first-order valence-electron chi connectivity index (χ1n) is 22.6. The van der Waals surface area contributed by atoms with Crippen LogP contribution in [0.15, 0.2) is 60.7 Å². The molecular weight excluding hydrogens is 665 g/mol. The van der Waals surface area contributed by atoms with Crippen LogP contribution >= 0.6 is 0 Å². The van der Waals surface area contributed by atoms with Crippen LogP contribution in [0.5, 0.6) is 23.0 Å². The van der Waals surface area contributed by atoms with Gasteiger partial charge in [-0.05, 0) is 72.2 Å². The van der Waals surface area contributed by atoms with Gasteiger partial charge in [0.2, 0.25) is 0 Å². The summed E-state index contributed by atoms with van der Waals surface area (Å²) in [5, 5.41) is 0. The summed E-state index contributed by atoms with van der Waals surface area (Å²) < 4.78 is 25.3. The van der Waals surface area contributed by atoms with E-state index >= 15 is 0 Å². The van der Waals surface area contributed by atoms with Crippen LogP contribution < -0.4 is 18.9 Å². The molecule has 3 aromatic rings. The molecule has 0 spiro atoms. The molecule has 54 heavy (non-hydrogen) atoms. The smallest absolute Gasteiger partial charge is 0.123 e. The van der Waals surface area contributed by atoms with E-state index in [4.69, 9.17) is 18.9 Å². The quantitative estimate of drug-likeness (QED) is 0.0571. The van der Waals surface area contributed by atoms with Gasteiger partial charge in [-0.3, -0.25) is 0 Å². The molecule has 0 saturated heterocycles. The Kier molecular flexibility index (Phi) is 25.2. The first-order chi connectivity index (χ1) is 26.7. The maximum absolute atomic E-state index is 6.33. The van der Waals surface area contributed by atoms with Crippen molar-refractivity contribution in [1.29, 1.82) is 0 Å². The molecule has 0 unspecified atom stereocenters. The van der Waals surface area contributed by atoms with Gasteiger partial charge in [0, 0.05) is 12.1 Å². The minimum Gasteiger partial charge on any atom is -0.493 e. The third-order valence-corrected chi connectivity index (χ3v) is 10.4. The van der Waals surface area contributed by atoms with Gasteiger partial charge in [-0.1, -0.05) is 180 Å². The Labute approximate surface area is 332 Å². The fourth-order valence-corrected chi connectivity index (χ4v) is 6.95. The van der Waals surface area contributed by atoms with Crippen molar-refractivity contribution in [2.45, 2.75) is 182 Å². The zero-order chi connectivity index (χ0) is 38.3. The van der Waals surface area contributed by atoms with E-state index in [1.165, 1.54) is 128 Å². The van der Waals surface area contributed by atoms with E-state index < -0.39 is 0 Å². The number of hydrogen-bond acceptors (Lipinski definition) is 4. The molecule has 0 bridgehead atoms. The second-order valence-corrected chi connectivity index (χ2v) is 15.4. The molecule has 0 heterocycles. The Bertz CT molecular complexity index is 1160. The van der Waals surface area contributed by atoms with Crippen LogP contribution in [0.25, 0.3) is 22.3 Å². The molecule has 0 aliphatic rings. The lowest BCUT2D eigenvalue weighted by atomic mass is 9.99. The highest BCUT2D eigenvalue weighted by atomic mass is 16.5. The summed E-state index contributed by atoms with van der Waals surface area (Å²) in [6.07, 6.45) is 30.1. The summed E-state index contributed by atoms with van der Waals surface area (Å²) in [4.78, 5) is 0. The van der Waals surface area contributed by atoms with Crippen molar-refractivity contribution in [3.8, 4) is 45.3 Å². The zero-order valence-electron chi connectivity index (χ0n) is 35.2. The summed E-state index contributed by atoms with van der Waals surface area (Å²) in [5.41, 5.74) is 4.56. The van der Waals surface area contributed by atoms with Crippen molar-refractivity contribution < 1.29 is 18.9 Å². The molecule has 4 nitrogen and oxygen atoms in total. The number of benzene rings is 3. The van der Waals surface area contributed by atoms with E-state index in [1.54, 1.807) is 0 Å². The Morgan fingerprint density at radius 3 is 0.722 bits per heavy atom. The van der Waals surface area contributed by atoms with Crippen LogP contribution in [-0.4, -0.2) is 26.4 Å². The predicted molar refractivity (Wildman–Crippen MR) is 233 cm³/mol. The summed E-state index contributed by atoms with van der Waals surface area (Å²) in [5.74, 6) is 3.58. The van der Waals surface area contributed by atoms with Crippen molar-refractivity contribution >= 4 is 0 Å². The van der Waals surface area contributed by atoms with E-state index in [1.807, 2.05) is 0 Å². The first kappa shape index (κ1) is 45.3. The van der Waals surface area contributed by atoms with Gasteiger partial charge in [0.15, 0.2) is 0 Å². The second kappa shape index (κ2) is 30.1. The molecule has 302 valence electrons. The minimum absolute atomic E-state index is 0.742. The van der Waals surface area contributed by atoms with Gasteiger partial charge in [0.1, 0.15) is 23.0 Å². The standard InChI is InChI=1S/C50H78O4/c1-5-9-13-17-21-25-33-51-47-37-45(38-48(41-47)52-34-26-22-18-14-10-6-2)43-29-31-44(32-30-43)46-39-49(53-35-27-23-19-15-11-7-3)42-50(40-46)54-36-28-24-20-16-12-8-4/h29-32,37-42H,5-28,33-36H2,1-4H3. The Hall–Kier alpha value is -3.14. The third kappa shape index (κ3) is 20.0. The average Bonchev–Trinajstić information content (AvgIpc) is 3.19. The maximum Gasteiger partial charge on any atom is 0.123 e. The third-order valence-electron chi connectivity index (χ3n) is 10.4. The molecule has 0 atom stereocenters. The average molecular weight is 743 g/mol. The van der Waals surface area contributed by atoms with Gasteiger partial charge >= 0.3 is 0 Å². The van der Waals surface area contributed by atoms with Crippen LogP contribution in [-0.2, 0) is 0 Å². The first-order valence-corrected chi connectivity index (χ1v) is 22.6. The van der Waals surface area contributed by atoms with Gasteiger partial charge < -0.3 is 18.9 Å². The van der Waals surface area contributed by atoms with Crippen LogP contribution in [0.3, 0.4) is 0 Å². The highest BCUT2D eigenvalue weighted by Crippen LogP contribution is 2.34. The number of ether oxygens (including phenoxy) is 4. The van der Waals surface area contributed by atoms with E-state index in [0.29, 0.717) is 0 Å². The summed E-state index contributed by atoms with van der Waals surface area (Å²) in [6, 6.07) is 21.7. The lowest BCUT2D eigenvalue weighted by Crippen LogP contribution is -2.01. The van der Waals surface area contributed by atoms with Crippen LogP contribution in [0.4, 0.5) is 0 Å². The van der Waals surface area contributed by atoms with Crippen molar-refractivity contribution in [2.75, 3.05) is 26.4 Å². The summed E-state index contributed by atoms with van der Waals surface area (Å²) in [7, 11) is 0. The summed E-state index contributed by atoms with van der Waals surface area (Å²) in [6.45, 7) is 12.0. The zero-order valence-corrected chi connectivity index (χ0v) is 35.2. The normalized spacial score (nSPS) is 11.2. The van der Waals surface area contributed by atoms with E-state index in [0.717, 1.165) is 97.4 Å². The Morgan fingerprint density at radius 2 is 0.481 bits per heavy atom. The Morgan fingerprint density at radius 1 is 0.259 bits per heavy atom. The molecular formula is C50H78O4. The molecule has 4 heteroatoms. The van der Waals surface area contributed by atoms with Crippen molar-refractivity contribution in [3.05, 3.63) is 60.7 Å². The molecule has 0 radical (unpaired) electrons. The molecule has 0 aliphatic carbocycles. The predicted octanol–water partition coefficient (Wildman–Crippen LogP) is 16.0. The number of unbranched alkanes of at least 4 members (excludes halogenated alkanes) is 20. The summed E-state index contributed by atoms with van der Waals surface area (Å²) >= 11 is 0. The largest absolute Gasteiger partial charge is 0.493 e. The van der Waals surface area contributed by atoms with Gasteiger partial charge in [0.25, 0.3) is 0 Å². The molecule has 0 saturated carbocycles. The molecule has 3 rings (SSSR count). The highest BCUT2D eigenvalue weighted by Gasteiger charge is 2.10. The van der Waals surface area contributed by atoms with Crippen LogP contribution in [0, 0.1) is 0 Å². The van der Waals surface area contributed by atoms with Gasteiger partial charge in [0.05, 0.1) is 26.4 Å². The minimum atomic E-state index is 0.742. The van der Waals surface area contributed by atoms with Crippen molar-refractivity contribution in [2.24, 2.45) is 0 Å². The fraction of sp³-hybridized carbons (Fsp3) is 0.640. The highest BCUT2D eigenvalue weighted by molar-refractivity contribution is 5.73. The van der Waals surface area contributed by atoms with Crippen molar-refractivity contribution in [1.82, 2.24) is 0 Å². The number of rotatable bonds is 34. The SMILES string of the molecule is CCCCCCCCOc1cc(OCCCCCCCC)cc(-c2ccc(-c3cc(OCCCCCCCC)cc(OCCCCCCCC)c3)cc2)c1. The Balaban J connectivity index is 1.72. The van der Waals surface area contributed by atoms with E-state index in [-0.39, 0.29) is 0 Å². The topological polar surface area (TPSA) is 36.9 Å². The van der Waals surface area contributed by atoms with E-state index in [2.05, 4.69) is 88.4 Å². The fourth-order valence-electron chi connectivity index (χ4n) is 6.95. The molecule has 0 N–H and O–H groups in total. The van der Waals surface area contributed by atoms with Crippen LogP contribution in [0.2, 0.25) is 0 Å². The second-order valence-electron chi connectivity index (χ2n) is 15.4. The van der Waals surface area contributed by atoms with Crippen molar-refractivity contribution in [3.63, 3.8) is 0 Å². The van der Waals surface area contributed by atoms with Gasteiger partial charge in [-0.2, -0.15) is 0 Å². The van der Waals surface area contributed by atoms with E-state index in [9.17, 15) is 0 Å². The monoisotopic (exact) mass is 743 g/mol. The van der Waals surface area contributed by atoms with Crippen LogP contribution in [0.1, 0.15) is 182 Å². The number of hydrogen-bond donors (Lipinski definition) is 0. The molecule has 0 amide bonds. The molecule has 0 aliphatic heterocycles.